The molecule has 0 N–H and O–H groups in total. The lowest BCUT2D eigenvalue weighted by atomic mass is 10.7. The monoisotopic (exact) mass is 215 g/mol. The van der Waals surface area contributed by atoms with Gasteiger partial charge in [-0.05, 0) is 0 Å². The van der Waals surface area contributed by atoms with Crippen molar-refractivity contribution in [1.82, 2.24) is 10.1 Å². The molecule has 0 atom stereocenters. The van der Waals surface area contributed by atoms with E-state index in [9.17, 15) is 0 Å². The predicted molar refractivity (Wildman–Crippen MR) is 55.1 cm³/mol. The van der Waals surface area contributed by atoms with E-state index in [0.29, 0.717) is 5.89 Å². The number of aryl methyl sites for hydroxylation is 1. The van der Waals surface area contributed by atoms with Crippen molar-refractivity contribution >= 4 is 27.9 Å². The normalized spacial score (nSPS) is 16.2. The maximum Gasteiger partial charge on any atom is 0.223 e. The van der Waals surface area contributed by atoms with Crippen LogP contribution in [0.2, 0.25) is 0 Å². The van der Waals surface area contributed by atoms with E-state index in [1.807, 2.05) is 0 Å². The van der Waals surface area contributed by atoms with Crippen LogP contribution in [-0.2, 0) is 5.75 Å². The summed E-state index contributed by atoms with van der Waals surface area (Å²) in [7, 11) is 0. The molecule has 0 saturated carbocycles. The Labute approximate surface area is 84.6 Å². The second-order valence-electron chi connectivity index (χ2n) is 2.51. The Hall–Kier alpha value is -0.490. The number of rotatable bonds is 2. The first kappa shape index (κ1) is 9.08. The van der Waals surface area contributed by atoms with E-state index >= 15 is 0 Å². The molecule has 2 heterocycles. The molecule has 70 valence electrons. The van der Waals surface area contributed by atoms with Crippen LogP contribution in [0, 0.1) is 6.92 Å². The van der Waals surface area contributed by atoms with Crippen molar-refractivity contribution in [1.29, 1.82) is 0 Å². The summed E-state index contributed by atoms with van der Waals surface area (Å²) in [6.45, 7) is 2.74. The Kier molecular flexibility index (Phi) is 2.90. The van der Waals surface area contributed by atoms with E-state index in [1.54, 1.807) is 30.4 Å². The van der Waals surface area contributed by atoms with Crippen molar-refractivity contribution in [2.45, 2.75) is 12.7 Å². The molecular formula is C7H9N3OS2. The van der Waals surface area contributed by atoms with Gasteiger partial charge in [0.25, 0.3) is 0 Å². The standard InChI is InChI=1S/C7H9N3OS2/c1-5-9-6(10-11-5)4-13-7-8-2-3-12-7/h2-4H2,1H3. The molecule has 0 unspecified atom stereocenters. The SMILES string of the molecule is Cc1nc(CSC2=NCCS2)no1. The molecule has 4 nitrogen and oxygen atoms in total. The molecule has 0 saturated heterocycles. The van der Waals surface area contributed by atoms with Crippen molar-refractivity contribution in [3.05, 3.63) is 11.7 Å². The number of aliphatic imine (C=N–C) groups is 1. The lowest BCUT2D eigenvalue weighted by molar-refractivity contribution is 0.389. The van der Waals surface area contributed by atoms with E-state index in [1.165, 1.54) is 0 Å². The summed E-state index contributed by atoms with van der Waals surface area (Å²) in [5.74, 6) is 3.23. The van der Waals surface area contributed by atoms with Gasteiger partial charge in [-0.3, -0.25) is 4.99 Å². The minimum atomic E-state index is 0.622. The second-order valence-corrected chi connectivity index (χ2v) is 4.82. The molecule has 0 bridgehead atoms. The van der Waals surface area contributed by atoms with Crippen LogP contribution in [0.15, 0.2) is 9.52 Å². The van der Waals surface area contributed by atoms with Gasteiger partial charge in [0.05, 0.1) is 12.3 Å². The minimum Gasteiger partial charge on any atom is -0.340 e. The summed E-state index contributed by atoms with van der Waals surface area (Å²) in [4.78, 5) is 8.42. The van der Waals surface area contributed by atoms with Crippen LogP contribution < -0.4 is 0 Å². The molecule has 0 amide bonds. The smallest absolute Gasteiger partial charge is 0.223 e. The van der Waals surface area contributed by atoms with Crippen molar-refractivity contribution in [3.8, 4) is 0 Å². The largest absolute Gasteiger partial charge is 0.340 e. The van der Waals surface area contributed by atoms with E-state index in [0.717, 1.165) is 28.3 Å². The fraction of sp³-hybridized carbons (Fsp3) is 0.571. The highest BCUT2D eigenvalue weighted by Crippen LogP contribution is 2.24. The van der Waals surface area contributed by atoms with Gasteiger partial charge >= 0.3 is 0 Å². The fourth-order valence-electron chi connectivity index (χ4n) is 0.929. The average Bonchev–Trinajstić information content (AvgIpc) is 2.71. The third-order valence-corrected chi connectivity index (χ3v) is 3.70. The summed E-state index contributed by atoms with van der Waals surface area (Å²) in [5, 5.41) is 3.81. The van der Waals surface area contributed by atoms with Gasteiger partial charge in [-0.25, -0.2) is 0 Å². The molecule has 0 aliphatic carbocycles. The Morgan fingerprint density at radius 3 is 3.15 bits per heavy atom. The predicted octanol–water partition coefficient (Wildman–Crippen LogP) is 1.71. The van der Waals surface area contributed by atoms with Gasteiger partial charge in [-0.1, -0.05) is 28.7 Å². The number of aromatic nitrogens is 2. The zero-order valence-electron chi connectivity index (χ0n) is 7.19. The van der Waals surface area contributed by atoms with E-state index in [2.05, 4.69) is 15.1 Å². The van der Waals surface area contributed by atoms with Crippen LogP contribution in [0.25, 0.3) is 0 Å². The third kappa shape index (κ3) is 2.47. The summed E-state index contributed by atoms with van der Waals surface area (Å²) >= 11 is 3.47. The molecule has 2 rings (SSSR count). The molecule has 0 aromatic carbocycles. The van der Waals surface area contributed by atoms with Gasteiger partial charge in [-0.2, -0.15) is 4.98 Å². The van der Waals surface area contributed by atoms with Gasteiger partial charge in [-0.15, -0.1) is 0 Å². The van der Waals surface area contributed by atoms with Crippen molar-refractivity contribution < 1.29 is 4.52 Å². The second kappa shape index (κ2) is 4.15. The molecular weight excluding hydrogens is 206 g/mol. The maximum atomic E-state index is 4.86. The molecule has 0 radical (unpaired) electrons. The first-order chi connectivity index (χ1) is 6.34. The molecule has 13 heavy (non-hydrogen) atoms. The van der Waals surface area contributed by atoms with E-state index < -0.39 is 0 Å². The molecule has 1 aliphatic heterocycles. The first-order valence-electron chi connectivity index (χ1n) is 3.94. The zero-order valence-corrected chi connectivity index (χ0v) is 8.82. The summed E-state index contributed by atoms with van der Waals surface area (Å²) in [6, 6.07) is 0. The number of hydrogen-bond donors (Lipinski definition) is 0. The molecule has 6 heteroatoms. The quantitative estimate of drug-likeness (QED) is 0.751. The highest BCUT2D eigenvalue weighted by Gasteiger charge is 2.09. The lowest BCUT2D eigenvalue weighted by Crippen LogP contribution is -1.87. The minimum absolute atomic E-state index is 0.622. The summed E-state index contributed by atoms with van der Waals surface area (Å²) < 4.78 is 6.00. The van der Waals surface area contributed by atoms with Gasteiger partial charge in [0.15, 0.2) is 5.82 Å². The molecule has 0 spiro atoms. The summed E-state index contributed by atoms with van der Waals surface area (Å²) in [5.41, 5.74) is 0. The van der Waals surface area contributed by atoms with Gasteiger partial charge in [0.2, 0.25) is 5.89 Å². The topological polar surface area (TPSA) is 51.3 Å². The van der Waals surface area contributed by atoms with Gasteiger partial charge < -0.3 is 4.52 Å². The fourth-order valence-corrected chi connectivity index (χ4v) is 2.78. The van der Waals surface area contributed by atoms with Crippen LogP contribution >= 0.6 is 23.5 Å². The van der Waals surface area contributed by atoms with Crippen LogP contribution in [0.4, 0.5) is 0 Å². The van der Waals surface area contributed by atoms with Gasteiger partial charge in [0, 0.05) is 12.7 Å². The van der Waals surface area contributed by atoms with Gasteiger partial charge in [0.1, 0.15) is 4.38 Å². The highest BCUT2D eigenvalue weighted by molar-refractivity contribution is 8.38. The molecule has 0 fully saturated rings. The number of nitrogens with zero attached hydrogens (tertiary/aromatic N) is 3. The lowest BCUT2D eigenvalue weighted by Gasteiger charge is -1.93. The van der Waals surface area contributed by atoms with Crippen LogP contribution in [0.3, 0.4) is 0 Å². The Bertz CT molecular complexity index is 323. The van der Waals surface area contributed by atoms with Crippen LogP contribution in [-0.4, -0.2) is 26.8 Å². The zero-order chi connectivity index (χ0) is 9.10. The molecule has 1 aliphatic rings. The number of hydrogen-bond acceptors (Lipinski definition) is 6. The number of thioether (sulfide) groups is 2. The average molecular weight is 215 g/mol. The first-order valence-corrected chi connectivity index (χ1v) is 5.91. The van der Waals surface area contributed by atoms with Crippen molar-refractivity contribution in [2.75, 3.05) is 12.3 Å². The van der Waals surface area contributed by atoms with Crippen molar-refractivity contribution in [2.24, 2.45) is 4.99 Å². The molecule has 1 aromatic rings. The van der Waals surface area contributed by atoms with E-state index in [-0.39, 0.29) is 0 Å². The van der Waals surface area contributed by atoms with Crippen molar-refractivity contribution in [3.63, 3.8) is 0 Å². The Morgan fingerprint density at radius 2 is 2.54 bits per heavy atom. The Balaban J connectivity index is 1.85. The third-order valence-electron chi connectivity index (χ3n) is 1.45. The van der Waals surface area contributed by atoms with E-state index in [4.69, 9.17) is 4.52 Å². The highest BCUT2D eigenvalue weighted by atomic mass is 32.2. The molecule has 1 aromatic heterocycles. The Morgan fingerprint density at radius 1 is 1.62 bits per heavy atom. The van der Waals surface area contributed by atoms with Crippen LogP contribution in [0.1, 0.15) is 11.7 Å². The summed E-state index contributed by atoms with van der Waals surface area (Å²) in [6.07, 6.45) is 0. The van der Waals surface area contributed by atoms with Crippen LogP contribution in [0.5, 0.6) is 0 Å². The maximum absolute atomic E-state index is 4.86.